The van der Waals surface area contributed by atoms with Gasteiger partial charge in [0.2, 0.25) is 5.13 Å². The fourth-order valence-corrected chi connectivity index (χ4v) is 2.96. The van der Waals surface area contributed by atoms with Crippen molar-refractivity contribution >= 4 is 28.0 Å². The average molecular weight is 284 g/mol. The zero-order valence-corrected chi connectivity index (χ0v) is 12.3. The van der Waals surface area contributed by atoms with E-state index in [9.17, 15) is 0 Å². The average Bonchev–Trinajstić information content (AvgIpc) is 2.91. The third kappa shape index (κ3) is 3.47. The van der Waals surface area contributed by atoms with Crippen molar-refractivity contribution < 1.29 is 4.74 Å². The van der Waals surface area contributed by atoms with Gasteiger partial charge in [-0.05, 0) is 13.8 Å². The standard InChI is InChI=1S/C11H16N4OS2/c1-7-9(13-8(2)17-7)6-12-11-14-10(15-18-11)4-5-16-3/h4-6H2,1-3H3,(H,12,14,15). The molecule has 0 aliphatic carbocycles. The highest BCUT2D eigenvalue weighted by Gasteiger charge is 2.07. The molecule has 0 aliphatic rings. The highest BCUT2D eigenvalue weighted by atomic mass is 32.1. The molecule has 2 aromatic rings. The second-order valence-corrected chi connectivity index (χ2v) is 6.01. The molecule has 2 heterocycles. The quantitative estimate of drug-likeness (QED) is 0.882. The number of aromatic nitrogens is 3. The van der Waals surface area contributed by atoms with E-state index in [0.29, 0.717) is 13.2 Å². The monoisotopic (exact) mass is 284 g/mol. The lowest BCUT2D eigenvalue weighted by molar-refractivity contribution is 0.201. The summed E-state index contributed by atoms with van der Waals surface area (Å²) in [7, 11) is 1.68. The highest BCUT2D eigenvalue weighted by molar-refractivity contribution is 7.11. The largest absolute Gasteiger partial charge is 0.384 e. The Hall–Kier alpha value is -1.05. The van der Waals surface area contributed by atoms with Crippen LogP contribution in [0, 0.1) is 13.8 Å². The molecule has 1 N–H and O–H groups in total. The molecule has 0 atom stereocenters. The first-order chi connectivity index (χ1) is 8.69. The normalized spacial score (nSPS) is 10.8. The number of thiazole rings is 1. The molecular weight excluding hydrogens is 268 g/mol. The Morgan fingerprint density at radius 1 is 1.28 bits per heavy atom. The van der Waals surface area contributed by atoms with Crippen molar-refractivity contribution in [2.24, 2.45) is 0 Å². The van der Waals surface area contributed by atoms with Crippen molar-refractivity contribution in [3.05, 3.63) is 21.4 Å². The highest BCUT2D eigenvalue weighted by Crippen LogP contribution is 2.18. The fraction of sp³-hybridized carbons (Fsp3) is 0.545. The van der Waals surface area contributed by atoms with Gasteiger partial charge in [-0.3, -0.25) is 0 Å². The maximum atomic E-state index is 5.00. The zero-order valence-electron chi connectivity index (χ0n) is 10.7. The summed E-state index contributed by atoms with van der Waals surface area (Å²) in [6, 6.07) is 0. The molecule has 2 aromatic heterocycles. The fourth-order valence-electron chi connectivity index (χ4n) is 1.52. The van der Waals surface area contributed by atoms with Gasteiger partial charge < -0.3 is 10.1 Å². The van der Waals surface area contributed by atoms with Crippen LogP contribution >= 0.6 is 22.9 Å². The van der Waals surface area contributed by atoms with Gasteiger partial charge in [-0.15, -0.1) is 11.3 Å². The number of methoxy groups -OCH3 is 1. The molecule has 98 valence electrons. The summed E-state index contributed by atoms with van der Waals surface area (Å²) in [5.41, 5.74) is 1.09. The summed E-state index contributed by atoms with van der Waals surface area (Å²) in [6.45, 7) is 5.47. The molecule has 0 aromatic carbocycles. The molecule has 7 heteroatoms. The SMILES string of the molecule is COCCc1nsc(NCc2nc(C)sc2C)n1. The molecule has 0 radical (unpaired) electrons. The van der Waals surface area contributed by atoms with Crippen LogP contribution in [0.4, 0.5) is 5.13 Å². The Kier molecular flexibility index (Phi) is 4.62. The number of hydrogen-bond acceptors (Lipinski definition) is 7. The van der Waals surface area contributed by atoms with E-state index in [4.69, 9.17) is 4.74 Å². The predicted octanol–water partition coefficient (Wildman–Crippen LogP) is 2.41. The Balaban J connectivity index is 1.90. The van der Waals surface area contributed by atoms with Crippen LogP contribution in [0.5, 0.6) is 0 Å². The van der Waals surface area contributed by atoms with Gasteiger partial charge in [0.1, 0.15) is 5.82 Å². The van der Waals surface area contributed by atoms with Crippen molar-refractivity contribution in [1.29, 1.82) is 0 Å². The van der Waals surface area contributed by atoms with Gasteiger partial charge in [0.25, 0.3) is 0 Å². The lowest BCUT2D eigenvalue weighted by Crippen LogP contribution is -2.01. The number of ether oxygens (including phenoxy) is 1. The Morgan fingerprint density at radius 2 is 2.11 bits per heavy atom. The predicted molar refractivity (Wildman–Crippen MR) is 74.4 cm³/mol. The molecule has 0 spiro atoms. The number of hydrogen-bond donors (Lipinski definition) is 1. The van der Waals surface area contributed by atoms with Gasteiger partial charge in [0.15, 0.2) is 0 Å². The smallest absolute Gasteiger partial charge is 0.202 e. The lowest BCUT2D eigenvalue weighted by atomic mass is 10.4. The molecule has 5 nitrogen and oxygen atoms in total. The first kappa shape index (κ1) is 13.4. The number of rotatable bonds is 6. The zero-order chi connectivity index (χ0) is 13.0. The van der Waals surface area contributed by atoms with E-state index in [1.54, 1.807) is 18.4 Å². The molecule has 0 unspecified atom stereocenters. The minimum Gasteiger partial charge on any atom is -0.384 e. The van der Waals surface area contributed by atoms with Crippen LogP contribution in [0.2, 0.25) is 0 Å². The van der Waals surface area contributed by atoms with E-state index in [2.05, 4.69) is 26.6 Å². The number of nitrogens with one attached hydrogen (secondary N) is 1. The molecule has 0 saturated heterocycles. The number of nitrogens with zero attached hydrogens (tertiary/aromatic N) is 3. The third-order valence-corrected chi connectivity index (χ3v) is 4.04. The molecule has 0 aliphatic heterocycles. The second-order valence-electron chi connectivity index (χ2n) is 3.85. The van der Waals surface area contributed by atoms with Crippen molar-refractivity contribution in [3.63, 3.8) is 0 Å². The van der Waals surface area contributed by atoms with Crippen LogP contribution in [0.15, 0.2) is 0 Å². The third-order valence-electron chi connectivity index (χ3n) is 2.40. The first-order valence-corrected chi connectivity index (χ1v) is 7.26. The summed E-state index contributed by atoms with van der Waals surface area (Å²) in [5.74, 6) is 0.829. The van der Waals surface area contributed by atoms with Crippen LogP contribution in [0.25, 0.3) is 0 Å². The van der Waals surface area contributed by atoms with Crippen molar-refractivity contribution in [1.82, 2.24) is 14.3 Å². The summed E-state index contributed by atoms with van der Waals surface area (Å²) in [5, 5.41) is 5.20. The van der Waals surface area contributed by atoms with Crippen LogP contribution in [0.1, 0.15) is 21.4 Å². The molecule has 0 fully saturated rings. The van der Waals surface area contributed by atoms with Gasteiger partial charge in [0, 0.05) is 29.9 Å². The van der Waals surface area contributed by atoms with Crippen LogP contribution in [-0.4, -0.2) is 28.1 Å². The molecule has 0 bridgehead atoms. The second kappa shape index (κ2) is 6.21. The molecule has 0 saturated carbocycles. The molecule has 0 amide bonds. The van der Waals surface area contributed by atoms with E-state index >= 15 is 0 Å². The molecular formula is C11H16N4OS2. The summed E-state index contributed by atoms with van der Waals surface area (Å²) >= 11 is 3.10. The van der Waals surface area contributed by atoms with Crippen molar-refractivity contribution in [2.45, 2.75) is 26.8 Å². The van der Waals surface area contributed by atoms with E-state index in [-0.39, 0.29) is 0 Å². The van der Waals surface area contributed by atoms with Crippen molar-refractivity contribution in [2.75, 3.05) is 19.0 Å². The minimum absolute atomic E-state index is 0.653. The summed E-state index contributed by atoms with van der Waals surface area (Å²) in [4.78, 5) is 10.1. The van der Waals surface area contributed by atoms with Crippen LogP contribution in [0.3, 0.4) is 0 Å². The first-order valence-electron chi connectivity index (χ1n) is 5.67. The summed E-state index contributed by atoms with van der Waals surface area (Å²) in [6.07, 6.45) is 0.753. The van der Waals surface area contributed by atoms with Crippen LogP contribution < -0.4 is 5.32 Å². The molecule has 18 heavy (non-hydrogen) atoms. The van der Waals surface area contributed by atoms with Gasteiger partial charge in [-0.25, -0.2) is 9.97 Å². The Morgan fingerprint density at radius 3 is 2.78 bits per heavy atom. The number of anilines is 1. The summed E-state index contributed by atoms with van der Waals surface area (Å²) < 4.78 is 9.26. The van der Waals surface area contributed by atoms with E-state index in [1.165, 1.54) is 16.4 Å². The van der Waals surface area contributed by atoms with Crippen LogP contribution in [-0.2, 0) is 17.7 Å². The van der Waals surface area contributed by atoms with Gasteiger partial charge in [-0.2, -0.15) is 4.37 Å². The van der Waals surface area contributed by atoms with Gasteiger partial charge in [-0.1, -0.05) is 0 Å². The van der Waals surface area contributed by atoms with E-state index < -0.39 is 0 Å². The Bertz CT molecular complexity index is 509. The van der Waals surface area contributed by atoms with Gasteiger partial charge >= 0.3 is 0 Å². The lowest BCUT2D eigenvalue weighted by Gasteiger charge is -1.99. The molecule has 2 rings (SSSR count). The number of aryl methyl sites for hydroxylation is 2. The topological polar surface area (TPSA) is 59.9 Å². The Labute approximate surface area is 114 Å². The van der Waals surface area contributed by atoms with E-state index in [1.807, 2.05) is 6.92 Å². The maximum absolute atomic E-state index is 5.00. The van der Waals surface area contributed by atoms with E-state index in [0.717, 1.165) is 28.1 Å². The van der Waals surface area contributed by atoms with Gasteiger partial charge in [0.05, 0.1) is 23.9 Å². The van der Waals surface area contributed by atoms with Crippen molar-refractivity contribution in [3.8, 4) is 0 Å². The minimum atomic E-state index is 0.653. The maximum Gasteiger partial charge on any atom is 0.202 e.